The molecule has 1 fully saturated rings. The van der Waals surface area contributed by atoms with Gasteiger partial charge < -0.3 is 24.1 Å². The van der Waals surface area contributed by atoms with Crippen LogP contribution >= 0.6 is 0 Å². The van der Waals surface area contributed by atoms with Crippen molar-refractivity contribution in [1.82, 2.24) is 4.57 Å². The van der Waals surface area contributed by atoms with Gasteiger partial charge in [0.25, 0.3) is 5.91 Å². The molecule has 1 N–H and O–H groups in total. The second-order valence-corrected chi connectivity index (χ2v) is 8.91. The predicted octanol–water partition coefficient (Wildman–Crippen LogP) is 1.03. The number of nitrogens with zero attached hydrogens (tertiary/aromatic N) is 2. The number of aromatic hydroxyl groups is 1. The van der Waals surface area contributed by atoms with Gasteiger partial charge in [-0.05, 0) is 12.1 Å². The molecule has 0 bridgehead atoms. The van der Waals surface area contributed by atoms with Crippen molar-refractivity contribution in [2.24, 2.45) is 4.99 Å². The maximum absolute atomic E-state index is 13.0. The van der Waals surface area contributed by atoms with Gasteiger partial charge in [0.05, 0.1) is 28.6 Å². The lowest BCUT2D eigenvalue weighted by Gasteiger charge is -2.41. The zero-order valence-corrected chi connectivity index (χ0v) is 20.7. The molecule has 2 aliphatic rings. The standard InChI is InChI=1S/C27H24N2O9/c1-13(30)36-20-12-35-27(24(38-15(3)32)23(20)37-14(2)31)29-19-11-7-5-9-17(19)22(26(29)34)21-16-8-4-6-10-18(16)28-25(21)33/h4-11,20,23-24,27,34H,12H2,1-3H3/t20-,23+,24-,27-/m1/s1. The number of carbonyl (C=O) groups excluding carboxylic acids is 4. The van der Waals surface area contributed by atoms with E-state index in [1.54, 1.807) is 48.5 Å². The summed E-state index contributed by atoms with van der Waals surface area (Å²) in [6.07, 6.45) is -4.83. The molecule has 11 heteroatoms. The van der Waals surface area contributed by atoms with Crippen molar-refractivity contribution < 1.29 is 43.2 Å². The third-order valence-electron chi connectivity index (χ3n) is 6.32. The second kappa shape index (κ2) is 9.75. The first-order valence-corrected chi connectivity index (χ1v) is 11.8. The summed E-state index contributed by atoms with van der Waals surface area (Å²) in [5.41, 5.74) is 0.900. The molecule has 0 spiro atoms. The fourth-order valence-electron chi connectivity index (χ4n) is 5.00. The Morgan fingerprint density at radius 3 is 2.26 bits per heavy atom. The predicted molar refractivity (Wildman–Crippen MR) is 130 cm³/mol. The fourth-order valence-corrected chi connectivity index (χ4v) is 5.00. The molecule has 5 rings (SSSR count). The maximum Gasteiger partial charge on any atom is 0.303 e. The van der Waals surface area contributed by atoms with E-state index >= 15 is 0 Å². The zero-order valence-electron chi connectivity index (χ0n) is 20.7. The number of carbonyl (C=O) groups is 4. The largest absolute Gasteiger partial charge is 0.494 e. The molecule has 1 aromatic heterocycles. The number of fused-ring (bicyclic) bond motifs is 2. The van der Waals surface area contributed by atoms with Crippen LogP contribution < -0.4 is 10.6 Å². The number of amides is 1. The van der Waals surface area contributed by atoms with Crippen molar-refractivity contribution in [2.75, 3.05) is 6.61 Å². The van der Waals surface area contributed by atoms with Crippen LogP contribution in [-0.4, -0.2) is 58.4 Å². The van der Waals surface area contributed by atoms with Crippen LogP contribution in [0.2, 0.25) is 0 Å². The number of hydrogen-bond acceptors (Lipinski definition) is 9. The van der Waals surface area contributed by atoms with E-state index in [2.05, 4.69) is 4.99 Å². The summed E-state index contributed by atoms with van der Waals surface area (Å²) in [7, 11) is 0. The fraction of sp³-hybridized carbons (Fsp3) is 0.296. The van der Waals surface area contributed by atoms with Gasteiger partial charge in [-0.25, -0.2) is 4.99 Å². The average Bonchev–Trinajstić information content (AvgIpc) is 3.32. The molecule has 38 heavy (non-hydrogen) atoms. The highest BCUT2D eigenvalue weighted by atomic mass is 16.6. The second-order valence-electron chi connectivity index (χ2n) is 8.91. The van der Waals surface area contributed by atoms with Crippen molar-refractivity contribution in [2.45, 2.75) is 45.3 Å². The van der Waals surface area contributed by atoms with Gasteiger partial charge in [-0.1, -0.05) is 36.4 Å². The molecule has 0 radical (unpaired) electrons. The van der Waals surface area contributed by atoms with Crippen LogP contribution in [0.15, 0.2) is 53.5 Å². The van der Waals surface area contributed by atoms with Gasteiger partial charge in [0, 0.05) is 31.4 Å². The minimum atomic E-state index is -1.31. The van der Waals surface area contributed by atoms with Gasteiger partial charge in [-0.15, -0.1) is 0 Å². The van der Waals surface area contributed by atoms with Crippen LogP contribution in [-0.2, 0) is 38.1 Å². The van der Waals surface area contributed by atoms with Crippen molar-refractivity contribution in [3.05, 3.63) is 64.7 Å². The third-order valence-corrected chi connectivity index (χ3v) is 6.32. The molecule has 2 aliphatic heterocycles. The lowest BCUT2D eigenvalue weighted by Crippen LogP contribution is -2.55. The molecule has 0 aliphatic carbocycles. The van der Waals surface area contributed by atoms with Crippen molar-refractivity contribution in [1.29, 1.82) is 0 Å². The number of esters is 3. The van der Waals surface area contributed by atoms with E-state index < -0.39 is 48.4 Å². The summed E-state index contributed by atoms with van der Waals surface area (Å²) in [6.45, 7) is 3.30. The van der Waals surface area contributed by atoms with Crippen LogP contribution in [0.5, 0.6) is 5.88 Å². The molecule has 3 aromatic rings. The van der Waals surface area contributed by atoms with Gasteiger partial charge in [0.1, 0.15) is 0 Å². The van der Waals surface area contributed by atoms with Gasteiger partial charge >= 0.3 is 17.9 Å². The lowest BCUT2D eigenvalue weighted by molar-refractivity contribution is -0.239. The maximum atomic E-state index is 13.0. The van der Waals surface area contributed by atoms with E-state index in [-0.39, 0.29) is 23.6 Å². The molecule has 3 heterocycles. The molecule has 0 saturated carbocycles. The normalized spacial score (nSPS) is 22.5. The Morgan fingerprint density at radius 2 is 1.55 bits per heavy atom. The van der Waals surface area contributed by atoms with E-state index in [0.29, 0.717) is 21.5 Å². The smallest absolute Gasteiger partial charge is 0.303 e. The van der Waals surface area contributed by atoms with Crippen molar-refractivity contribution >= 4 is 40.3 Å². The third kappa shape index (κ3) is 4.30. The highest BCUT2D eigenvalue weighted by molar-refractivity contribution is 6.25. The molecule has 4 atom stereocenters. The Labute approximate surface area is 215 Å². The molecule has 0 unspecified atom stereocenters. The Balaban J connectivity index is 1.72. The summed E-state index contributed by atoms with van der Waals surface area (Å²) in [4.78, 5) is 53.0. The minimum absolute atomic E-state index is 0.210. The minimum Gasteiger partial charge on any atom is -0.494 e. The number of para-hydroxylation sites is 2. The highest BCUT2D eigenvalue weighted by Crippen LogP contribution is 2.42. The van der Waals surface area contributed by atoms with Crippen molar-refractivity contribution in [3.8, 4) is 5.88 Å². The Morgan fingerprint density at radius 1 is 0.921 bits per heavy atom. The molecule has 11 nitrogen and oxygen atoms in total. The first kappa shape index (κ1) is 25.2. The first-order chi connectivity index (χ1) is 18.2. The molecule has 1 amide bonds. The molecular formula is C27H24N2O9. The van der Waals surface area contributed by atoms with E-state index in [1.807, 2.05) is 0 Å². The number of aromatic nitrogens is 1. The van der Waals surface area contributed by atoms with Gasteiger partial charge in [0.15, 0.2) is 24.5 Å². The van der Waals surface area contributed by atoms with Crippen LogP contribution in [0, 0.1) is 0 Å². The highest BCUT2D eigenvalue weighted by Gasteiger charge is 2.49. The first-order valence-electron chi connectivity index (χ1n) is 11.8. The number of rotatable bonds is 5. The van der Waals surface area contributed by atoms with E-state index in [4.69, 9.17) is 18.9 Å². The Hall–Kier alpha value is -4.51. The summed E-state index contributed by atoms with van der Waals surface area (Å²) >= 11 is 0. The quantitative estimate of drug-likeness (QED) is 0.385. The summed E-state index contributed by atoms with van der Waals surface area (Å²) < 4.78 is 23.7. The number of benzene rings is 2. The monoisotopic (exact) mass is 520 g/mol. The Bertz CT molecular complexity index is 1610. The Kier molecular flexibility index (Phi) is 6.45. The van der Waals surface area contributed by atoms with Gasteiger partial charge in [-0.2, -0.15) is 0 Å². The molecule has 2 aromatic carbocycles. The molecular weight excluding hydrogens is 496 g/mol. The van der Waals surface area contributed by atoms with Crippen LogP contribution in [0.3, 0.4) is 0 Å². The van der Waals surface area contributed by atoms with Gasteiger partial charge in [0.2, 0.25) is 5.88 Å². The van der Waals surface area contributed by atoms with Crippen molar-refractivity contribution in [3.63, 3.8) is 0 Å². The summed E-state index contributed by atoms with van der Waals surface area (Å²) in [5.74, 6) is -2.91. The molecule has 196 valence electrons. The average molecular weight is 520 g/mol. The number of ether oxygens (including phenoxy) is 4. The summed E-state index contributed by atoms with van der Waals surface area (Å²) in [5, 5.41) is 13.2. The van der Waals surface area contributed by atoms with E-state index in [9.17, 15) is 24.3 Å². The zero-order chi connectivity index (χ0) is 27.1. The van der Waals surface area contributed by atoms with Crippen LogP contribution in [0.25, 0.3) is 16.5 Å². The SMILES string of the molecule is CC(=O)O[C@@H]1[C@@H](OC(C)=O)[C@H](OC(C)=O)CO[C@H]1n1c(O)c(C2=c3ccccc3=NC2=O)c2ccccc21. The summed E-state index contributed by atoms with van der Waals surface area (Å²) in [6, 6.07) is 13.9. The van der Waals surface area contributed by atoms with Crippen LogP contribution in [0.4, 0.5) is 0 Å². The lowest BCUT2D eigenvalue weighted by atomic mass is 10.0. The van der Waals surface area contributed by atoms with E-state index in [1.165, 1.54) is 25.3 Å². The van der Waals surface area contributed by atoms with E-state index in [0.717, 1.165) is 0 Å². The number of hydrogen-bond donors (Lipinski definition) is 1. The van der Waals surface area contributed by atoms with Crippen LogP contribution in [0.1, 0.15) is 32.6 Å². The topological polar surface area (TPSA) is 143 Å². The van der Waals surface area contributed by atoms with Gasteiger partial charge in [-0.3, -0.25) is 23.7 Å². The molecule has 1 saturated heterocycles.